The molecule has 1 aromatic heterocycles. The monoisotopic (exact) mass is 430 g/mol. The largest absolute Gasteiger partial charge is 0.379 e. The van der Waals surface area contributed by atoms with E-state index in [9.17, 15) is 9.59 Å². The van der Waals surface area contributed by atoms with Crippen LogP contribution in [0.2, 0.25) is 0 Å². The summed E-state index contributed by atoms with van der Waals surface area (Å²) in [5.41, 5.74) is 3.65. The zero-order chi connectivity index (χ0) is 21.5. The highest BCUT2D eigenvalue weighted by Gasteiger charge is 2.15. The first-order valence-electron chi connectivity index (χ1n) is 10.3. The third-order valence-corrected chi connectivity index (χ3v) is 6.39. The van der Waals surface area contributed by atoms with Crippen LogP contribution < -0.4 is 10.9 Å². The Labute approximate surface area is 181 Å². The predicted octanol–water partition coefficient (Wildman–Crippen LogP) is 1.53. The molecule has 0 bridgehead atoms. The Morgan fingerprint density at radius 2 is 1.97 bits per heavy atom. The first-order chi connectivity index (χ1) is 14.5. The van der Waals surface area contributed by atoms with Crippen LogP contribution in [0.3, 0.4) is 0 Å². The molecule has 0 saturated carbocycles. The van der Waals surface area contributed by atoms with Gasteiger partial charge in [-0.2, -0.15) is 0 Å². The lowest BCUT2D eigenvalue weighted by molar-refractivity contribution is -0.118. The molecule has 7 nitrogen and oxygen atoms in total. The fourth-order valence-corrected chi connectivity index (χ4v) is 4.26. The van der Waals surface area contributed by atoms with Crippen molar-refractivity contribution in [2.75, 3.05) is 45.1 Å². The molecule has 1 fully saturated rings. The van der Waals surface area contributed by atoms with Gasteiger partial charge in [0.2, 0.25) is 5.91 Å². The number of rotatable bonds is 8. The molecule has 2 aromatic rings. The van der Waals surface area contributed by atoms with E-state index in [4.69, 9.17) is 4.74 Å². The lowest BCUT2D eigenvalue weighted by Gasteiger charge is -2.26. The minimum atomic E-state index is -0.0546. The van der Waals surface area contributed by atoms with Gasteiger partial charge in [0.05, 0.1) is 19.0 Å². The Bertz CT molecular complexity index is 938. The van der Waals surface area contributed by atoms with Crippen LogP contribution in [0.4, 0.5) is 0 Å². The molecule has 0 spiro atoms. The Morgan fingerprint density at radius 1 is 1.23 bits per heavy atom. The van der Waals surface area contributed by atoms with Gasteiger partial charge in [0.25, 0.3) is 5.56 Å². The van der Waals surface area contributed by atoms with Crippen molar-refractivity contribution in [3.8, 4) is 0 Å². The number of benzene rings is 1. The SMILES string of the molecule is Cc1ccccc1Cc1c(C)nc(SCC(=O)NCCN2CCOCC2)n(C)c1=O. The fourth-order valence-electron chi connectivity index (χ4n) is 3.42. The normalized spacial score (nSPS) is 14.6. The summed E-state index contributed by atoms with van der Waals surface area (Å²) in [6.07, 6.45) is 0.561. The molecule has 3 rings (SSSR count). The molecule has 162 valence electrons. The minimum Gasteiger partial charge on any atom is -0.379 e. The van der Waals surface area contributed by atoms with E-state index in [-0.39, 0.29) is 17.2 Å². The molecule has 1 aromatic carbocycles. The lowest BCUT2D eigenvalue weighted by atomic mass is 10.0. The second kappa shape index (κ2) is 10.7. The average molecular weight is 431 g/mol. The number of aryl methyl sites for hydroxylation is 2. The number of amides is 1. The molecule has 0 radical (unpaired) electrons. The van der Waals surface area contributed by atoms with Crippen LogP contribution in [0, 0.1) is 13.8 Å². The molecule has 1 amide bonds. The van der Waals surface area contributed by atoms with E-state index < -0.39 is 0 Å². The van der Waals surface area contributed by atoms with Gasteiger partial charge >= 0.3 is 0 Å². The van der Waals surface area contributed by atoms with Crippen LogP contribution in [-0.2, 0) is 23.0 Å². The third-order valence-electron chi connectivity index (χ3n) is 5.36. The number of nitrogens with zero attached hydrogens (tertiary/aromatic N) is 3. The van der Waals surface area contributed by atoms with Crippen molar-refractivity contribution in [2.24, 2.45) is 7.05 Å². The van der Waals surface area contributed by atoms with E-state index in [1.165, 1.54) is 11.8 Å². The Morgan fingerprint density at radius 3 is 2.70 bits per heavy atom. The van der Waals surface area contributed by atoms with Crippen LogP contribution in [0.25, 0.3) is 0 Å². The second-order valence-electron chi connectivity index (χ2n) is 7.52. The summed E-state index contributed by atoms with van der Waals surface area (Å²) >= 11 is 1.29. The number of aromatic nitrogens is 2. The van der Waals surface area contributed by atoms with Crippen LogP contribution in [-0.4, -0.2) is 65.5 Å². The van der Waals surface area contributed by atoms with Gasteiger partial charge in [0.15, 0.2) is 5.16 Å². The maximum Gasteiger partial charge on any atom is 0.257 e. The topological polar surface area (TPSA) is 76.5 Å². The van der Waals surface area contributed by atoms with Crippen molar-refractivity contribution in [3.05, 3.63) is 57.0 Å². The van der Waals surface area contributed by atoms with E-state index in [1.54, 1.807) is 11.6 Å². The Hall–Kier alpha value is -2.16. The summed E-state index contributed by atoms with van der Waals surface area (Å²) in [5.74, 6) is 0.184. The number of nitrogens with one attached hydrogen (secondary N) is 1. The number of morpholine rings is 1. The molecular formula is C22H30N4O3S. The highest BCUT2D eigenvalue weighted by atomic mass is 32.2. The quantitative estimate of drug-likeness (QED) is 0.506. The molecule has 1 N–H and O–H groups in total. The highest BCUT2D eigenvalue weighted by Crippen LogP contribution is 2.17. The van der Waals surface area contributed by atoms with Crippen LogP contribution in [0.5, 0.6) is 0 Å². The summed E-state index contributed by atoms with van der Waals surface area (Å²) in [6, 6.07) is 8.06. The van der Waals surface area contributed by atoms with Crippen LogP contribution >= 0.6 is 11.8 Å². The first-order valence-corrected chi connectivity index (χ1v) is 11.2. The highest BCUT2D eigenvalue weighted by molar-refractivity contribution is 7.99. The second-order valence-corrected chi connectivity index (χ2v) is 8.46. The van der Waals surface area contributed by atoms with Gasteiger partial charge in [-0.3, -0.25) is 19.1 Å². The molecule has 0 aliphatic carbocycles. The molecule has 1 aliphatic heterocycles. The predicted molar refractivity (Wildman–Crippen MR) is 119 cm³/mol. The number of thioether (sulfide) groups is 1. The molecule has 1 saturated heterocycles. The molecule has 30 heavy (non-hydrogen) atoms. The van der Waals surface area contributed by atoms with Crippen molar-refractivity contribution < 1.29 is 9.53 Å². The maximum absolute atomic E-state index is 12.9. The Balaban J connectivity index is 1.56. The summed E-state index contributed by atoms with van der Waals surface area (Å²) in [4.78, 5) is 32.0. The van der Waals surface area contributed by atoms with Gasteiger partial charge < -0.3 is 10.1 Å². The number of hydrogen-bond acceptors (Lipinski definition) is 6. The number of hydrogen-bond donors (Lipinski definition) is 1. The van der Waals surface area contributed by atoms with E-state index in [2.05, 4.69) is 15.2 Å². The van der Waals surface area contributed by atoms with Gasteiger partial charge in [-0.15, -0.1) is 0 Å². The van der Waals surface area contributed by atoms with Gasteiger partial charge in [0, 0.05) is 50.9 Å². The standard InChI is InChI=1S/C22H30N4O3S/c1-16-6-4-5-7-18(16)14-19-17(2)24-22(25(3)21(19)28)30-15-20(27)23-8-9-26-10-12-29-13-11-26/h4-7H,8-15H2,1-3H3,(H,23,27). The first kappa shape index (κ1) is 22.5. The molecular weight excluding hydrogens is 400 g/mol. The molecule has 0 unspecified atom stereocenters. The summed E-state index contributed by atoms with van der Waals surface area (Å²) in [5, 5.41) is 3.51. The average Bonchev–Trinajstić information content (AvgIpc) is 2.75. The summed E-state index contributed by atoms with van der Waals surface area (Å²) in [7, 11) is 1.72. The van der Waals surface area contributed by atoms with Crippen LogP contribution in [0.1, 0.15) is 22.4 Å². The molecule has 8 heteroatoms. The van der Waals surface area contributed by atoms with Crippen molar-refractivity contribution in [3.63, 3.8) is 0 Å². The Kier molecular flexibility index (Phi) is 8.07. The van der Waals surface area contributed by atoms with E-state index in [0.29, 0.717) is 23.7 Å². The van der Waals surface area contributed by atoms with Gasteiger partial charge in [0.1, 0.15) is 0 Å². The minimum absolute atomic E-state index is 0.0517. The fraction of sp³-hybridized carbons (Fsp3) is 0.500. The van der Waals surface area contributed by atoms with E-state index >= 15 is 0 Å². The number of carbonyl (C=O) groups is 1. The molecule has 2 heterocycles. The van der Waals surface area contributed by atoms with Gasteiger partial charge in [-0.25, -0.2) is 4.98 Å². The molecule has 0 atom stereocenters. The van der Waals surface area contributed by atoms with Crippen molar-refractivity contribution in [1.82, 2.24) is 19.8 Å². The van der Waals surface area contributed by atoms with Gasteiger partial charge in [-0.05, 0) is 25.0 Å². The zero-order valence-corrected chi connectivity index (χ0v) is 18.8. The van der Waals surface area contributed by atoms with Crippen molar-refractivity contribution in [1.29, 1.82) is 0 Å². The van der Waals surface area contributed by atoms with E-state index in [1.807, 2.05) is 38.1 Å². The smallest absolute Gasteiger partial charge is 0.257 e. The van der Waals surface area contributed by atoms with Crippen molar-refractivity contribution in [2.45, 2.75) is 25.4 Å². The van der Waals surface area contributed by atoms with Crippen LogP contribution in [0.15, 0.2) is 34.2 Å². The van der Waals surface area contributed by atoms with E-state index in [0.717, 1.165) is 49.7 Å². The van der Waals surface area contributed by atoms with Crippen molar-refractivity contribution >= 4 is 17.7 Å². The number of ether oxygens (including phenoxy) is 1. The summed E-state index contributed by atoms with van der Waals surface area (Å²) < 4.78 is 6.87. The number of carbonyl (C=O) groups excluding carboxylic acids is 1. The summed E-state index contributed by atoms with van der Waals surface area (Å²) in [6.45, 7) is 8.66. The van der Waals surface area contributed by atoms with Gasteiger partial charge in [-0.1, -0.05) is 36.0 Å². The lowest BCUT2D eigenvalue weighted by Crippen LogP contribution is -2.41. The third kappa shape index (κ3) is 5.93. The molecule has 1 aliphatic rings. The zero-order valence-electron chi connectivity index (χ0n) is 17.9. The maximum atomic E-state index is 12.9.